The standard InChI is InChI=1S/C16H14N2S/c1-11-6-7-12(2)13(9-11)15-10-19-16(18-15)14-5-3-4-8-17-14/h3-10H,1-2H3. The third-order valence-corrected chi connectivity index (χ3v) is 3.92. The van der Waals surface area contributed by atoms with E-state index < -0.39 is 0 Å². The van der Waals surface area contributed by atoms with Gasteiger partial charge in [0.15, 0.2) is 0 Å². The Morgan fingerprint density at radius 3 is 2.68 bits per heavy atom. The van der Waals surface area contributed by atoms with E-state index in [0.717, 1.165) is 16.4 Å². The minimum atomic E-state index is 0.934. The summed E-state index contributed by atoms with van der Waals surface area (Å²) in [6.07, 6.45) is 1.80. The number of benzene rings is 1. The molecule has 3 aromatic rings. The zero-order chi connectivity index (χ0) is 13.2. The number of rotatable bonds is 2. The Kier molecular flexibility index (Phi) is 3.13. The second-order valence-electron chi connectivity index (χ2n) is 4.57. The van der Waals surface area contributed by atoms with Gasteiger partial charge in [-0.2, -0.15) is 0 Å². The van der Waals surface area contributed by atoms with Crippen LogP contribution < -0.4 is 0 Å². The first-order chi connectivity index (χ1) is 9.24. The van der Waals surface area contributed by atoms with Gasteiger partial charge in [0.25, 0.3) is 0 Å². The second-order valence-corrected chi connectivity index (χ2v) is 5.43. The predicted molar refractivity (Wildman–Crippen MR) is 80.3 cm³/mol. The van der Waals surface area contributed by atoms with Crippen LogP contribution in [0.5, 0.6) is 0 Å². The molecule has 0 aliphatic heterocycles. The van der Waals surface area contributed by atoms with E-state index >= 15 is 0 Å². The van der Waals surface area contributed by atoms with Crippen molar-refractivity contribution in [3.63, 3.8) is 0 Å². The molecule has 0 aliphatic carbocycles. The Morgan fingerprint density at radius 2 is 1.89 bits per heavy atom. The molecule has 0 bridgehead atoms. The number of aromatic nitrogens is 2. The molecule has 94 valence electrons. The van der Waals surface area contributed by atoms with Gasteiger partial charge in [0.2, 0.25) is 0 Å². The summed E-state index contributed by atoms with van der Waals surface area (Å²) in [5.74, 6) is 0. The van der Waals surface area contributed by atoms with Crippen molar-refractivity contribution in [2.45, 2.75) is 13.8 Å². The minimum absolute atomic E-state index is 0.934. The molecule has 0 unspecified atom stereocenters. The third kappa shape index (κ3) is 2.42. The first-order valence-corrected chi connectivity index (χ1v) is 7.06. The zero-order valence-electron chi connectivity index (χ0n) is 10.9. The van der Waals surface area contributed by atoms with Crippen molar-refractivity contribution in [3.8, 4) is 22.0 Å². The van der Waals surface area contributed by atoms with E-state index in [0.29, 0.717) is 0 Å². The van der Waals surface area contributed by atoms with Gasteiger partial charge >= 0.3 is 0 Å². The molecule has 0 atom stereocenters. The lowest BCUT2D eigenvalue weighted by Gasteiger charge is -2.03. The molecule has 0 saturated carbocycles. The summed E-state index contributed by atoms with van der Waals surface area (Å²) in [6.45, 7) is 4.23. The Morgan fingerprint density at radius 1 is 1.00 bits per heavy atom. The molecule has 2 nitrogen and oxygen atoms in total. The van der Waals surface area contributed by atoms with Crippen molar-refractivity contribution >= 4 is 11.3 Å². The van der Waals surface area contributed by atoms with E-state index in [-0.39, 0.29) is 0 Å². The molecule has 0 saturated heterocycles. The molecule has 2 heterocycles. The van der Waals surface area contributed by atoms with E-state index in [1.165, 1.54) is 16.7 Å². The first-order valence-electron chi connectivity index (χ1n) is 6.18. The molecule has 0 aliphatic rings. The molecular weight excluding hydrogens is 252 g/mol. The lowest BCUT2D eigenvalue weighted by Crippen LogP contribution is -1.86. The van der Waals surface area contributed by atoms with Gasteiger partial charge in [0, 0.05) is 17.1 Å². The normalized spacial score (nSPS) is 10.6. The molecule has 2 aromatic heterocycles. The highest BCUT2D eigenvalue weighted by Gasteiger charge is 2.09. The molecule has 19 heavy (non-hydrogen) atoms. The molecule has 1 aromatic carbocycles. The summed E-state index contributed by atoms with van der Waals surface area (Å²) in [7, 11) is 0. The first kappa shape index (κ1) is 12.1. The molecular formula is C16H14N2S. The SMILES string of the molecule is Cc1ccc(C)c(-c2csc(-c3ccccn3)n2)c1. The van der Waals surface area contributed by atoms with Gasteiger partial charge in [-0.05, 0) is 37.6 Å². The van der Waals surface area contributed by atoms with Crippen LogP contribution in [-0.2, 0) is 0 Å². The second kappa shape index (κ2) is 4.94. The van der Waals surface area contributed by atoms with Crippen LogP contribution >= 0.6 is 11.3 Å². The van der Waals surface area contributed by atoms with Crippen molar-refractivity contribution < 1.29 is 0 Å². The van der Waals surface area contributed by atoms with Crippen LogP contribution in [0.25, 0.3) is 22.0 Å². The van der Waals surface area contributed by atoms with Gasteiger partial charge in [0.1, 0.15) is 5.01 Å². The quantitative estimate of drug-likeness (QED) is 0.683. The molecule has 3 rings (SSSR count). The number of thiazole rings is 1. The van der Waals surface area contributed by atoms with Crippen molar-refractivity contribution in [1.82, 2.24) is 9.97 Å². The molecule has 3 heteroatoms. The van der Waals surface area contributed by atoms with Gasteiger partial charge in [0.05, 0.1) is 11.4 Å². The molecule has 0 fully saturated rings. The lowest BCUT2D eigenvalue weighted by molar-refractivity contribution is 1.28. The van der Waals surface area contributed by atoms with Crippen LogP contribution in [0.4, 0.5) is 0 Å². The Balaban J connectivity index is 2.04. The maximum atomic E-state index is 4.71. The van der Waals surface area contributed by atoms with Gasteiger partial charge < -0.3 is 0 Å². The summed E-state index contributed by atoms with van der Waals surface area (Å²) < 4.78 is 0. The number of aryl methyl sites for hydroxylation is 2. The Hall–Kier alpha value is -2.00. The maximum absolute atomic E-state index is 4.71. The van der Waals surface area contributed by atoms with Crippen LogP contribution in [-0.4, -0.2) is 9.97 Å². The summed E-state index contributed by atoms with van der Waals surface area (Å²) >= 11 is 1.64. The van der Waals surface area contributed by atoms with Gasteiger partial charge in [-0.3, -0.25) is 4.98 Å². The average Bonchev–Trinajstić information content (AvgIpc) is 2.92. The van der Waals surface area contributed by atoms with Crippen LogP contribution in [0.3, 0.4) is 0 Å². The van der Waals surface area contributed by atoms with Crippen LogP contribution in [0, 0.1) is 13.8 Å². The zero-order valence-corrected chi connectivity index (χ0v) is 11.7. The maximum Gasteiger partial charge on any atom is 0.142 e. The van der Waals surface area contributed by atoms with Crippen LogP contribution in [0.2, 0.25) is 0 Å². The molecule has 0 radical (unpaired) electrons. The number of hydrogen-bond donors (Lipinski definition) is 0. The topological polar surface area (TPSA) is 25.8 Å². The number of pyridine rings is 1. The largest absolute Gasteiger partial charge is 0.254 e. The average molecular weight is 266 g/mol. The van der Waals surface area contributed by atoms with E-state index in [1.807, 2.05) is 18.2 Å². The monoisotopic (exact) mass is 266 g/mol. The summed E-state index contributed by atoms with van der Waals surface area (Å²) in [5.41, 5.74) is 5.69. The van der Waals surface area contributed by atoms with Crippen molar-refractivity contribution in [1.29, 1.82) is 0 Å². The van der Waals surface area contributed by atoms with Gasteiger partial charge in [-0.1, -0.05) is 23.8 Å². The molecule has 0 amide bonds. The smallest absolute Gasteiger partial charge is 0.142 e. The van der Waals surface area contributed by atoms with E-state index in [9.17, 15) is 0 Å². The Bertz CT molecular complexity index is 702. The number of nitrogens with zero attached hydrogens (tertiary/aromatic N) is 2. The number of hydrogen-bond acceptors (Lipinski definition) is 3. The fourth-order valence-electron chi connectivity index (χ4n) is 2.02. The van der Waals surface area contributed by atoms with Gasteiger partial charge in [-0.15, -0.1) is 11.3 Å². The van der Waals surface area contributed by atoms with Crippen molar-refractivity contribution in [3.05, 3.63) is 59.1 Å². The Labute approximate surface area is 116 Å². The molecule has 0 N–H and O–H groups in total. The van der Waals surface area contributed by atoms with E-state index in [1.54, 1.807) is 17.5 Å². The lowest BCUT2D eigenvalue weighted by atomic mass is 10.0. The predicted octanol–water partition coefficient (Wildman–Crippen LogP) is 4.49. The van der Waals surface area contributed by atoms with Gasteiger partial charge in [-0.25, -0.2) is 4.98 Å². The summed E-state index contributed by atoms with van der Waals surface area (Å²) in [6, 6.07) is 12.4. The fraction of sp³-hybridized carbons (Fsp3) is 0.125. The minimum Gasteiger partial charge on any atom is -0.254 e. The van der Waals surface area contributed by atoms with Crippen molar-refractivity contribution in [2.24, 2.45) is 0 Å². The highest BCUT2D eigenvalue weighted by atomic mass is 32.1. The van der Waals surface area contributed by atoms with Crippen LogP contribution in [0.1, 0.15) is 11.1 Å². The van der Waals surface area contributed by atoms with Crippen molar-refractivity contribution in [2.75, 3.05) is 0 Å². The summed E-state index contributed by atoms with van der Waals surface area (Å²) in [5, 5.41) is 3.07. The van der Waals surface area contributed by atoms with E-state index in [2.05, 4.69) is 42.4 Å². The fourth-order valence-corrected chi connectivity index (χ4v) is 2.81. The summed E-state index contributed by atoms with van der Waals surface area (Å²) in [4.78, 5) is 9.05. The highest BCUT2D eigenvalue weighted by Crippen LogP contribution is 2.29. The van der Waals surface area contributed by atoms with E-state index in [4.69, 9.17) is 4.98 Å². The molecule has 0 spiro atoms. The third-order valence-electron chi connectivity index (χ3n) is 3.06. The highest BCUT2D eigenvalue weighted by molar-refractivity contribution is 7.13. The van der Waals surface area contributed by atoms with Crippen LogP contribution in [0.15, 0.2) is 48.0 Å².